The summed E-state index contributed by atoms with van der Waals surface area (Å²) in [5.74, 6) is 0. The summed E-state index contributed by atoms with van der Waals surface area (Å²) < 4.78 is 23.3. The van der Waals surface area contributed by atoms with Gasteiger partial charge in [0.2, 0.25) is 10.0 Å². The number of primary sulfonamides is 1. The van der Waals surface area contributed by atoms with E-state index >= 15 is 0 Å². The normalized spacial score (nSPS) is 11.1. The minimum atomic E-state index is -3.74. The highest BCUT2D eigenvalue weighted by atomic mass is 79.9. The van der Waals surface area contributed by atoms with Crippen molar-refractivity contribution in [1.29, 1.82) is 0 Å². The third-order valence-electron chi connectivity index (χ3n) is 3.11. The second-order valence-electron chi connectivity index (χ2n) is 4.98. The molecule has 2 aromatic rings. The van der Waals surface area contributed by atoms with Crippen LogP contribution in [0.15, 0.2) is 57.9 Å². The highest BCUT2D eigenvalue weighted by Gasteiger charge is 2.11. The Bertz CT molecular complexity index is 790. The maximum atomic E-state index is 12.1. The summed E-state index contributed by atoms with van der Waals surface area (Å²) in [6, 6.07) is 13.1. The highest BCUT2D eigenvalue weighted by Crippen LogP contribution is 2.15. The Morgan fingerprint density at radius 1 is 1.13 bits per heavy atom. The number of nitrogens with zero attached hydrogens (tertiary/aromatic N) is 1. The fourth-order valence-electron chi connectivity index (χ4n) is 1.88. The average Bonchev–Trinajstić information content (AvgIpc) is 2.49. The topological polar surface area (TPSA) is 92.5 Å². The number of rotatable bonds is 4. The molecule has 2 rings (SSSR count). The predicted octanol–water partition coefficient (Wildman–Crippen LogP) is 2.76. The van der Waals surface area contributed by atoms with E-state index in [-0.39, 0.29) is 10.9 Å². The van der Waals surface area contributed by atoms with E-state index in [1.807, 2.05) is 24.3 Å². The van der Waals surface area contributed by atoms with E-state index in [0.717, 1.165) is 10.0 Å². The number of sulfonamides is 1. The van der Waals surface area contributed by atoms with E-state index in [9.17, 15) is 13.2 Å². The summed E-state index contributed by atoms with van der Waals surface area (Å²) in [6.45, 7) is 0.453. The standard InChI is InChI=1S/C15H16BrN3O3S/c1-19(10-11-2-4-12(16)5-3-11)15(20)18-13-6-8-14(9-7-13)23(17,21)22/h2-9H,10H2,1H3,(H,18,20)(H2,17,21,22). The number of benzene rings is 2. The summed E-state index contributed by atoms with van der Waals surface area (Å²) in [5, 5.41) is 7.72. The monoisotopic (exact) mass is 397 g/mol. The summed E-state index contributed by atoms with van der Waals surface area (Å²) in [4.78, 5) is 13.7. The van der Waals surface area contributed by atoms with Gasteiger partial charge in [0.05, 0.1) is 4.90 Å². The molecule has 3 N–H and O–H groups in total. The number of nitrogens with one attached hydrogen (secondary N) is 1. The summed E-state index contributed by atoms with van der Waals surface area (Å²) in [6.07, 6.45) is 0. The van der Waals surface area contributed by atoms with Gasteiger partial charge in [-0.3, -0.25) is 0 Å². The maximum Gasteiger partial charge on any atom is 0.321 e. The van der Waals surface area contributed by atoms with Crippen molar-refractivity contribution >= 4 is 37.7 Å². The summed E-state index contributed by atoms with van der Waals surface area (Å²) >= 11 is 3.36. The van der Waals surface area contributed by atoms with Crippen LogP contribution in [0.5, 0.6) is 0 Å². The van der Waals surface area contributed by atoms with E-state index in [4.69, 9.17) is 5.14 Å². The minimum Gasteiger partial charge on any atom is -0.323 e. The lowest BCUT2D eigenvalue weighted by Crippen LogP contribution is -2.30. The van der Waals surface area contributed by atoms with E-state index in [0.29, 0.717) is 12.2 Å². The first kappa shape index (κ1) is 17.5. The molecule has 0 aliphatic carbocycles. The van der Waals surface area contributed by atoms with Gasteiger partial charge in [-0.05, 0) is 42.0 Å². The molecule has 2 amide bonds. The molecule has 23 heavy (non-hydrogen) atoms. The molecule has 122 valence electrons. The van der Waals surface area contributed by atoms with Gasteiger partial charge in [0, 0.05) is 23.8 Å². The zero-order valence-electron chi connectivity index (χ0n) is 12.4. The predicted molar refractivity (Wildman–Crippen MR) is 92.4 cm³/mol. The Kier molecular flexibility index (Phi) is 5.40. The van der Waals surface area contributed by atoms with Gasteiger partial charge in [-0.1, -0.05) is 28.1 Å². The van der Waals surface area contributed by atoms with Crippen molar-refractivity contribution in [2.45, 2.75) is 11.4 Å². The average molecular weight is 398 g/mol. The number of amides is 2. The largest absolute Gasteiger partial charge is 0.323 e. The lowest BCUT2D eigenvalue weighted by Gasteiger charge is -2.18. The number of hydrogen-bond acceptors (Lipinski definition) is 3. The van der Waals surface area contributed by atoms with Crippen molar-refractivity contribution in [2.75, 3.05) is 12.4 Å². The number of hydrogen-bond donors (Lipinski definition) is 2. The van der Waals surface area contributed by atoms with Gasteiger partial charge in [-0.25, -0.2) is 18.4 Å². The van der Waals surface area contributed by atoms with Crippen LogP contribution in [0, 0.1) is 0 Å². The molecular formula is C15H16BrN3O3S. The van der Waals surface area contributed by atoms with E-state index in [2.05, 4.69) is 21.2 Å². The molecule has 0 aliphatic heterocycles. The first-order chi connectivity index (χ1) is 10.8. The number of carbonyl (C=O) groups excluding carboxylic acids is 1. The molecule has 0 unspecified atom stereocenters. The van der Waals surface area contributed by atoms with Crippen molar-refractivity contribution < 1.29 is 13.2 Å². The quantitative estimate of drug-likeness (QED) is 0.830. The zero-order chi connectivity index (χ0) is 17.0. The van der Waals surface area contributed by atoms with Gasteiger partial charge in [-0.15, -0.1) is 0 Å². The number of nitrogens with two attached hydrogens (primary N) is 1. The van der Waals surface area contributed by atoms with Crippen molar-refractivity contribution in [3.8, 4) is 0 Å². The third-order valence-corrected chi connectivity index (χ3v) is 4.57. The Morgan fingerprint density at radius 3 is 2.22 bits per heavy atom. The Balaban J connectivity index is 1.99. The van der Waals surface area contributed by atoms with E-state index in [1.54, 1.807) is 7.05 Å². The van der Waals surface area contributed by atoms with Crippen LogP contribution in [0.2, 0.25) is 0 Å². The first-order valence-corrected chi connectivity index (χ1v) is 8.99. The van der Waals surface area contributed by atoms with Gasteiger partial charge < -0.3 is 10.2 Å². The molecule has 0 fully saturated rings. The minimum absolute atomic E-state index is 0.00119. The molecule has 0 atom stereocenters. The fourth-order valence-corrected chi connectivity index (χ4v) is 2.66. The van der Waals surface area contributed by atoms with E-state index < -0.39 is 10.0 Å². The van der Waals surface area contributed by atoms with Crippen molar-refractivity contribution in [3.05, 3.63) is 58.6 Å². The zero-order valence-corrected chi connectivity index (χ0v) is 14.8. The SMILES string of the molecule is CN(Cc1ccc(Br)cc1)C(=O)Nc1ccc(S(N)(=O)=O)cc1. The molecule has 8 heteroatoms. The second-order valence-corrected chi connectivity index (χ2v) is 7.46. The molecule has 0 spiro atoms. The maximum absolute atomic E-state index is 12.1. The molecule has 0 saturated heterocycles. The molecule has 0 radical (unpaired) electrons. The summed E-state index contributed by atoms with van der Waals surface area (Å²) in [5.41, 5.74) is 1.49. The fraction of sp³-hybridized carbons (Fsp3) is 0.133. The molecule has 0 aliphatic rings. The van der Waals surface area contributed by atoms with Crippen LogP contribution in [-0.4, -0.2) is 26.4 Å². The number of anilines is 1. The molecule has 0 aromatic heterocycles. The smallest absolute Gasteiger partial charge is 0.321 e. The first-order valence-electron chi connectivity index (χ1n) is 6.65. The molecule has 0 bridgehead atoms. The van der Waals surface area contributed by atoms with Crippen LogP contribution in [0.4, 0.5) is 10.5 Å². The highest BCUT2D eigenvalue weighted by molar-refractivity contribution is 9.10. The van der Waals surface area contributed by atoms with E-state index in [1.165, 1.54) is 29.2 Å². The van der Waals surface area contributed by atoms with Crippen molar-refractivity contribution in [2.24, 2.45) is 5.14 Å². The molecule has 2 aromatic carbocycles. The Labute approximate surface area is 143 Å². The molecular weight excluding hydrogens is 382 g/mol. The Hall–Kier alpha value is -1.90. The molecule has 0 heterocycles. The van der Waals surface area contributed by atoms with Gasteiger partial charge in [0.1, 0.15) is 0 Å². The van der Waals surface area contributed by atoms with Gasteiger partial charge >= 0.3 is 6.03 Å². The second kappa shape index (κ2) is 7.12. The Morgan fingerprint density at radius 2 is 1.70 bits per heavy atom. The van der Waals surface area contributed by atoms with Crippen LogP contribution in [-0.2, 0) is 16.6 Å². The summed E-state index contributed by atoms with van der Waals surface area (Å²) in [7, 11) is -2.06. The van der Waals surface area contributed by atoms with Crippen molar-refractivity contribution in [3.63, 3.8) is 0 Å². The van der Waals surface area contributed by atoms with Gasteiger partial charge in [0.25, 0.3) is 0 Å². The van der Waals surface area contributed by atoms with Crippen LogP contribution in [0.25, 0.3) is 0 Å². The molecule has 0 saturated carbocycles. The molecule has 6 nitrogen and oxygen atoms in total. The van der Waals surface area contributed by atoms with Crippen LogP contribution in [0.3, 0.4) is 0 Å². The third kappa shape index (κ3) is 5.05. The lowest BCUT2D eigenvalue weighted by molar-refractivity contribution is 0.220. The van der Waals surface area contributed by atoms with Gasteiger partial charge in [-0.2, -0.15) is 0 Å². The number of carbonyl (C=O) groups is 1. The number of urea groups is 1. The van der Waals surface area contributed by atoms with Crippen LogP contribution in [0.1, 0.15) is 5.56 Å². The van der Waals surface area contributed by atoms with Crippen LogP contribution < -0.4 is 10.5 Å². The van der Waals surface area contributed by atoms with Gasteiger partial charge in [0.15, 0.2) is 0 Å². The lowest BCUT2D eigenvalue weighted by atomic mass is 10.2. The number of halogens is 1. The van der Waals surface area contributed by atoms with Crippen LogP contribution >= 0.6 is 15.9 Å². The van der Waals surface area contributed by atoms with Crippen molar-refractivity contribution in [1.82, 2.24) is 4.90 Å².